The molecule has 2 rings (SSSR count). The van der Waals surface area contributed by atoms with Crippen molar-refractivity contribution in [3.8, 4) is 0 Å². The highest BCUT2D eigenvalue weighted by atomic mass is 32.2. The molecule has 15 heavy (non-hydrogen) atoms. The third-order valence-corrected chi connectivity index (χ3v) is 4.14. The summed E-state index contributed by atoms with van der Waals surface area (Å²) in [5, 5.41) is 3.07. The number of rotatable bonds is 1. The van der Waals surface area contributed by atoms with Gasteiger partial charge in [0, 0.05) is 12.6 Å². The van der Waals surface area contributed by atoms with Crippen molar-refractivity contribution in [1.82, 2.24) is 5.32 Å². The zero-order valence-corrected chi connectivity index (χ0v) is 8.93. The third kappa shape index (κ3) is 2.54. The van der Waals surface area contributed by atoms with Gasteiger partial charge >= 0.3 is 0 Å². The summed E-state index contributed by atoms with van der Waals surface area (Å²) < 4.78 is 35.7. The lowest BCUT2D eigenvalue weighted by atomic mass is 10.1. The lowest BCUT2D eigenvalue weighted by molar-refractivity contribution is 0.527. The number of sulfone groups is 1. The van der Waals surface area contributed by atoms with Crippen molar-refractivity contribution in [3.05, 3.63) is 35.6 Å². The fraction of sp³-hybridized carbons (Fsp3) is 0.400. The molecule has 1 fully saturated rings. The van der Waals surface area contributed by atoms with E-state index in [1.54, 1.807) is 12.1 Å². The summed E-state index contributed by atoms with van der Waals surface area (Å²) in [6, 6.07) is 5.77. The smallest absolute Gasteiger partial charge is 0.153 e. The molecular weight excluding hydrogens is 217 g/mol. The van der Waals surface area contributed by atoms with Crippen LogP contribution in [0.5, 0.6) is 0 Å². The lowest BCUT2D eigenvalue weighted by Crippen LogP contribution is -2.39. The van der Waals surface area contributed by atoms with Gasteiger partial charge in [-0.15, -0.1) is 0 Å². The molecule has 1 saturated heterocycles. The highest BCUT2D eigenvalue weighted by Crippen LogP contribution is 2.19. The summed E-state index contributed by atoms with van der Waals surface area (Å²) in [6.45, 7) is 0.434. The summed E-state index contributed by atoms with van der Waals surface area (Å²) in [5.74, 6) is -0.118. The molecule has 1 atom stereocenters. The second kappa shape index (κ2) is 3.90. The Bertz CT molecular complexity index is 458. The van der Waals surface area contributed by atoms with E-state index in [0.717, 1.165) is 0 Å². The van der Waals surface area contributed by atoms with Crippen molar-refractivity contribution in [1.29, 1.82) is 0 Å². The number of hydrogen-bond acceptors (Lipinski definition) is 3. The first-order valence-electron chi connectivity index (χ1n) is 4.76. The average Bonchev–Trinajstić information content (AvgIpc) is 2.16. The maximum atomic E-state index is 12.9. The van der Waals surface area contributed by atoms with E-state index in [1.165, 1.54) is 12.1 Å². The molecule has 0 aliphatic carbocycles. The molecule has 0 amide bonds. The number of hydrogen-bond donors (Lipinski definition) is 1. The minimum absolute atomic E-state index is 0.0520. The maximum Gasteiger partial charge on any atom is 0.153 e. The van der Waals surface area contributed by atoms with Gasteiger partial charge in [0.15, 0.2) is 9.84 Å². The average molecular weight is 229 g/mol. The van der Waals surface area contributed by atoms with Gasteiger partial charge in [0.25, 0.3) is 0 Å². The highest BCUT2D eigenvalue weighted by Gasteiger charge is 2.25. The molecule has 1 unspecified atom stereocenters. The molecule has 0 saturated carbocycles. The molecular formula is C10H12FNO2S. The Hall–Kier alpha value is -0.940. The topological polar surface area (TPSA) is 46.2 Å². The van der Waals surface area contributed by atoms with Crippen molar-refractivity contribution in [2.45, 2.75) is 6.04 Å². The van der Waals surface area contributed by atoms with E-state index >= 15 is 0 Å². The van der Waals surface area contributed by atoms with Crippen molar-refractivity contribution in [2.24, 2.45) is 0 Å². The van der Waals surface area contributed by atoms with Gasteiger partial charge < -0.3 is 5.32 Å². The Morgan fingerprint density at radius 2 is 2.20 bits per heavy atom. The van der Waals surface area contributed by atoms with E-state index in [9.17, 15) is 12.8 Å². The minimum atomic E-state index is -2.98. The van der Waals surface area contributed by atoms with Crippen LogP contribution >= 0.6 is 0 Å². The summed E-state index contributed by atoms with van der Waals surface area (Å²) in [5.41, 5.74) is 0.693. The van der Waals surface area contributed by atoms with Crippen LogP contribution in [0.1, 0.15) is 11.6 Å². The monoisotopic (exact) mass is 229 g/mol. The Kier molecular flexibility index (Phi) is 2.75. The standard InChI is InChI=1S/C10H12FNO2S/c11-9-3-1-2-8(6-9)10-7-15(13,14)5-4-12-10/h1-3,6,10,12H,4-5,7H2. The molecule has 1 aliphatic rings. The summed E-state index contributed by atoms with van der Waals surface area (Å²) in [6.07, 6.45) is 0. The Morgan fingerprint density at radius 3 is 2.87 bits per heavy atom. The first kappa shape index (κ1) is 10.6. The predicted octanol–water partition coefficient (Wildman–Crippen LogP) is 0.885. The van der Waals surface area contributed by atoms with Gasteiger partial charge in [-0.1, -0.05) is 12.1 Å². The van der Waals surface area contributed by atoms with Crippen LogP contribution in [0.4, 0.5) is 4.39 Å². The van der Waals surface area contributed by atoms with Crippen LogP contribution < -0.4 is 5.32 Å². The second-order valence-electron chi connectivity index (χ2n) is 3.68. The van der Waals surface area contributed by atoms with E-state index in [0.29, 0.717) is 12.1 Å². The molecule has 0 spiro atoms. The fourth-order valence-electron chi connectivity index (χ4n) is 1.72. The quantitative estimate of drug-likeness (QED) is 0.777. The van der Waals surface area contributed by atoms with E-state index in [-0.39, 0.29) is 23.4 Å². The van der Waals surface area contributed by atoms with Crippen LogP contribution in [0.2, 0.25) is 0 Å². The van der Waals surface area contributed by atoms with Gasteiger partial charge in [0.2, 0.25) is 0 Å². The molecule has 3 nitrogen and oxygen atoms in total. The largest absolute Gasteiger partial charge is 0.308 e. The van der Waals surface area contributed by atoms with E-state index in [1.807, 2.05) is 0 Å². The van der Waals surface area contributed by atoms with Crippen molar-refractivity contribution >= 4 is 9.84 Å². The number of halogens is 1. The van der Waals surface area contributed by atoms with E-state index in [2.05, 4.69) is 5.32 Å². The molecule has 82 valence electrons. The van der Waals surface area contributed by atoms with Gasteiger partial charge in [-0.25, -0.2) is 12.8 Å². The zero-order valence-electron chi connectivity index (χ0n) is 8.11. The third-order valence-electron chi connectivity index (χ3n) is 2.48. The van der Waals surface area contributed by atoms with Crippen LogP contribution in [-0.4, -0.2) is 26.5 Å². The predicted molar refractivity (Wildman–Crippen MR) is 55.8 cm³/mol. The normalized spacial score (nSPS) is 25.0. The SMILES string of the molecule is O=S1(=O)CCNC(c2cccc(F)c2)C1. The molecule has 5 heteroatoms. The van der Waals surface area contributed by atoms with Gasteiger partial charge in [-0.2, -0.15) is 0 Å². The Balaban J connectivity index is 2.24. The zero-order chi connectivity index (χ0) is 10.9. The van der Waals surface area contributed by atoms with Crippen LogP contribution in [0.15, 0.2) is 24.3 Å². The second-order valence-corrected chi connectivity index (χ2v) is 5.90. The van der Waals surface area contributed by atoms with Gasteiger partial charge in [0.1, 0.15) is 5.82 Å². The van der Waals surface area contributed by atoms with Crippen LogP contribution in [0.25, 0.3) is 0 Å². The van der Waals surface area contributed by atoms with E-state index < -0.39 is 9.84 Å². The molecule has 0 aromatic heterocycles. The summed E-state index contributed by atoms with van der Waals surface area (Å²) in [7, 11) is -2.98. The van der Waals surface area contributed by atoms with Crippen molar-refractivity contribution < 1.29 is 12.8 Å². The Labute approximate surface area is 88.2 Å². The van der Waals surface area contributed by atoms with Crippen LogP contribution in [-0.2, 0) is 9.84 Å². The van der Waals surface area contributed by atoms with Gasteiger partial charge in [-0.3, -0.25) is 0 Å². The molecule has 1 aromatic carbocycles. The highest BCUT2D eigenvalue weighted by molar-refractivity contribution is 7.91. The van der Waals surface area contributed by atoms with Crippen LogP contribution in [0, 0.1) is 5.82 Å². The molecule has 1 aromatic rings. The maximum absolute atomic E-state index is 12.9. The minimum Gasteiger partial charge on any atom is -0.308 e. The molecule has 1 aliphatic heterocycles. The van der Waals surface area contributed by atoms with Crippen molar-refractivity contribution in [2.75, 3.05) is 18.1 Å². The summed E-state index contributed by atoms with van der Waals surface area (Å²) in [4.78, 5) is 0. The first-order chi connectivity index (χ1) is 7.07. The molecule has 0 bridgehead atoms. The van der Waals surface area contributed by atoms with Gasteiger partial charge in [-0.05, 0) is 17.7 Å². The Morgan fingerprint density at radius 1 is 1.40 bits per heavy atom. The van der Waals surface area contributed by atoms with Gasteiger partial charge in [0.05, 0.1) is 11.5 Å². The summed E-state index contributed by atoms with van der Waals surface area (Å²) >= 11 is 0. The van der Waals surface area contributed by atoms with E-state index in [4.69, 9.17) is 0 Å². The lowest BCUT2D eigenvalue weighted by Gasteiger charge is -2.23. The number of nitrogens with one attached hydrogen (secondary N) is 1. The fourth-order valence-corrected chi connectivity index (χ4v) is 3.14. The van der Waals surface area contributed by atoms with Crippen LogP contribution in [0.3, 0.4) is 0 Å². The first-order valence-corrected chi connectivity index (χ1v) is 6.58. The molecule has 1 heterocycles. The molecule has 1 N–H and O–H groups in total. The van der Waals surface area contributed by atoms with Crippen molar-refractivity contribution in [3.63, 3.8) is 0 Å². The number of benzene rings is 1. The molecule has 0 radical (unpaired) electrons.